The Bertz CT molecular complexity index is 1060. The van der Waals surface area contributed by atoms with Gasteiger partial charge in [-0.25, -0.2) is 0 Å². The molecular weight excluding hydrogens is 414 g/mol. The molecule has 0 aromatic heterocycles. The van der Waals surface area contributed by atoms with Crippen LogP contribution in [0, 0.1) is 6.92 Å². The molecule has 0 unspecified atom stereocenters. The van der Waals surface area contributed by atoms with Gasteiger partial charge in [-0.2, -0.15) is 0 Å². The van der Waals surface area contributed by atoms with Crippen LogP contribution in [0.15, 0.2) is 42.0 Å². The average Bonchev–Trinajstić information content (AvgIpc) is 3.06. The maximum atomic E-state index is 13.1. The van der Waals surface area contributed by atoms with Gasteiger partial charge in [0, 0.05) is 30.8 Å². The molecule has 1 amide bonds. The van der Waals surface area contributed by atoms with Crippen molar-refractivity contribution in [1.29, 1.82) is 0 Å². The maximum absolute atomic E-state index is 13.1. The number of ketones is 1. The minimum atomic E-state index is -0.853. The van der Waals surface area contributed by atoms with E-state index < -0.39 is 17.7 Å². The minimum absolute atomic E-state index is 0.0147. The topological polar surface area (TPSA) is 94.5 Å². The van der Waals surface area contributed by atoms with E-state index in [4.69, 9.17) is 18.9 Å². The lowest BCUT2D eigenvalue weighted by Crippen LogP contribution is -2.32. The third-order valence-electron chi connectivity index (χ3n) is 5.48. The molecule has 2 aromatic rings. The molecule has 1 saturated heterocycles. The van der Waals surface area contributed by atoms with Crippen LogP contribution >= 0.6 is 0 Å². The second-order valence-electron chi connectivity index (χ2n) is 7.28. The molecule has 3 rings (SSSR count). The van der Waals surface area contributed by atoms with Gasteiger partial charge in [0.15, 0.2) is 0 Å². The highest BCUT2D eigenvalue weighted by Gasteiger charge is 2.47. The smallest absolute Gasteiger partial charge is 0.295 e. The predicted molar refractivity (Wildman–Crippen MR) is 118 cm³/mol. The predicted octanol–water partition coefficient (Wildman–Crippen LogP) is 3.09. The fourth-order valence-corrected chi connectivity index (χ4v) is 3.85. The van der Waals surface area contributed by atoms with E-state index in [1.165, 1.54) is 26.2 Å². The monoisotopic (exact) mass is 441 g/mol. The zero-order chi connectivity index (χ0) is 23.4. The van der Waals surface area contributed by atoms with Crippen molar-refractivity contribution in [3.63, 3.8) is 0 Å². The highest BCUT2D eigenvalue weighted by molar-refractivity contribution is 6.46. The van der Waals surface area contributed by atoms with Gasteiger partial charge in [-0.3, -0.25) is 9.59 Å². The summed E-state index contributed by atoms with van der Waals surface area (Å²) in [4.78, 5) is 27.4. The molecule has 1 N–H and O–H groups in total. The molecule has 170 valence electrons. The molecule has 0 bridgehead atoms. The standard InChI is InChI=1S/C24H27NO7/c1-14-12-15(6-9-18(14)31-4)22(26)20-21(25(10-11-29-2)24(28)23(20)27)17-8-7-16(30-3)13-19(17)32-5/h6-9,12-13,21,26H,10-11H2,1-5H3/b22-20+/t21-/m0/s1. The van der Waals surface area contributed by atoms with Crippen molar-refractivity contribution in [1.82, 2.24) is 4.90 Å². The third-order valence-corrected chi connectivity index (χ3v) is 5.48. The van der Waals surface area contributed by atoms with E-state index >= 15 is 0 Å². The molecule has 0 spiro atoms. The number of rotatable bonds is 8. The van der Waals surface area contributed by atoms with Crippen LogP contribution in [-0.2, 0) is 14.3 Å². The fourth-order valence-electron chi connectivity index (χ4n) is 3.85. The Morgan fingerprint density at radius 2 is 1.69 bits per heavy atom. The maximum Gasteiger partial charge on any atom is 0.295 e. The average molecular weight is 441 g/mol. The summed E-state index contributed by atoms with van der Waals surface area (Å²) in [7, 11) is 6.09. The number of nitrogens with zero attached hydrogens (tertiary/aromatic N) is 1. The Hall–Kier alpha value is -3.52. The van der Waals surface area contributed by atoms with E-state index in [0.29, 0.717) is 28.4 Å². The van der Waals surface area contributed by atoms with E-state index in [-0.39, 0.29) is 24.5 Å². The van der Waals surface area contributed by atoms with E-state index in [0.717, 1.165) is 5.56 Å². The normalized spacial score (nSPS) is 17.5. The van der Waals surface area contributed by atoms with Crippen molar-refractivity contribution in [3.05, 3.63) is 58.7 Å². The molecule has 1 atom stereocenters. The van der Waals surface area contributed by atoms with Crippen molar-refractivity contribution in [2.75, 3.05) is 41.6 Å². The summed E-state index contributed by atoms with van der Waals surface area (Å²) in [5.74, 6) is -0.111. The first-order valence-electron chi connectivity index (χ1n) is 10.0. The van der Waals surface area contributed by atoms with Crippen molar-refractivity contribution < 1.29 is 33.6 Å². The second-order valence-corrected chi connectivity index (χ2v) is 7.28. The molecule has 0 aliphatic carbocycles. The lowest BCUT2D eigenvalue weighted by molar-refractivity contribution is -0.140. The number of ether oxygens (including phenoxy) is 4. The Morgan fingerprint density at radius 1 is 0.969 bits per heavy atom. The summed E-state index contributed by atoms with van der Waals surface area (Å²) < 4.78 is 21.2. The molecule has 1 aliphatic heterocycles. The van der Waals surface area contributed by atoms with Crippen LogP contribution in [0.5, 0.6) is 17.2 Å². The fraction of sp³-hybridized carbons (Fsp3) is 0.333. The lowest BCUT2D eigenvalue weighted by atomic mass is 9.94. The van der Waals surface area contributed by atoms with Gasteiger partial charge in [0.05, 0.1) is 39.6 Å². The molecule has 1 heterocycles. The molecule has 8 nitrogen and oxygen atoms in total. The number of carbonyl (C=O) groups excluding carboxylic acids is 2. The Balaban J connectivity index is 2.22. The second kappa shape index (κ2) is 9.74. The van der Waals surface area contributed by atoms with E-state index in [9.17, 15) is 14.7 Å². The molecule has 2 aromatic carbocycles. The van der Waals surface area contributed by atoms with Crippen LogP contribution in [0.2, 0.25) is 0 Å². The van der Waals surface area contributed by atoms with Gasteiger partial charge in [-0.1, -0.05) is 0 Å². The molecule has 32 heavy (non-hydrogen) atoms. The molecule has 1 aliphatic rings. The van der Waals surface area contributed by atoms with E-state index in [1.54, 1.807) is 43.5 Å². The van der Waals surface area contributed by atoms with Gasteiger partial charge in [-0.15, -0.1) is 0 Å². The number of likely N-dealkylation sites (tertiary alicyclic amines) is 1. The van der Waals surface area contributed by atoms with Crippen molar-refractivity contribution in [2.45, 2.75) is 13.0 Å². The Morgan fingerprint density at radius 3 is 2.28 bits per heavy atom. The van der Waals surface area contributed by atoms with Crippen LogP contribution in [0.25, 0.3) is 5.76 Å². The van der Waals surface area contributed by atoms with E-state index in [1.807, 2.05) is 6.92 Å². The number of Topliss-reactive ketones (excluding diaryl/α,β-unsaturated/α-hetero) is 1. The molecular formula is C24H27NO7. The number of aryl methyl sites for hydroxylation is 1. The van der Waals surface area contributed by atoms with Crippen LogP contribution in [0.4, 0.5) is 0 Å². The molecule has 8 heteroatoms. The number of benzene rings is 2. The molecule has 0 saturated carbocycles. The van der Waals surface area contributed by atoms with Gasteiger partial charge < -0.3 is 29.0 Å². The quantitative estimate of drug-likeness (QED) is 0.382. The number of methoxy groups -OCH3 is 4. The SMILES string of the molecule is COCCN1C(=O)C(=O)/C(=C(/O)c2ccc(OC)c(C)c2)[C@@H]1c1ccc(OC)cc1OC. The van der Waals surface area contributed by atoms with Gasteiger partial charge in [-0.05, 0) is 42.8 Å². The van der Waals surface area contributed by atoms with Gasteiger partial charge in [0.2, 0.25) is 0 Å². The van der Waals surface area contributed by atoms with Crippen molar-refractivity contribution in [3.8, 4) is 17.2 Å². The summed E-state index contributed by atoms with van der Waals surface area (Å²) in [6.45, 7) is 2.22. The highest BCUT2D eigenvalue weighted by atomic mass is 16.5. The number of aliphatic hydroxyl groups excluding tert-OH is 1. The molecule has 1 fully saturated rings. The summed E-state index contributed by atoms with van der Waals surface area (Å²) in [5.41, 5.74) is 1.73. The minimum Gasteiger partial charge on any atom is -0.507 e. The summed E-state index contributed by atoms with van der Waals surface area (Å²) in [6, 6.07) is 9.31. The Kier molecular flexibility index (Phi) is 7.05. The number of amides is 1. The number of aliphatic hydroxyl groups is 1. The molecule has 0 radical (unpaired) electrons. The third kappa shape index (κ3) is 4.13. The van der Waals surface area contributed by atoms with Crippen LogP contribution in [-0.4, -0.2) is 63.3 Å². The van der Waals surface area contributed by atoms with Crippen molar-refractivity contribution in [2.24, 2.45) is 0 Å². The summed E-state index contributed by atoms with van der Waals surface area (Å²) in [6.07, 6.45) is 0. The van der Waals surface area contributed by atoms with Gasteiger partial charge in [0.1, 0.15) is 23.0 Å². The lowest BCUT2D eigenvalue weighted by Gasteiger charge is -2.26. The van der Waals surface area contributed by atoms with Gasteiger partial charge >= 0.3 is 0 Å². The van der Waals surface area contributed by atoms with Crippen LogP contribution in [0.1, 0.15) is 22.7 Å². The first kappa shape index (κ1) is 23.1. The van der Waals surface area contributed by atoms with Crippen LogP contribution < -0.4 is 14.2 Å². The number of hydrogen-bond acceptors (Lipinski definition) is 7. The van der Waals surface area contributed by atoms with Crippen molar-refractivity contribution >= 4 is 17.4 Å². The van der Waals surface area contributed by atoms with Crippen LogP contribution in [0.3, 0.4) is 0 Å². The summed E-state index contributed by atoms with van der Waals surface area (Å²) in [5, 5.41) is 11.2. The zero-order valence-electron chi connectivity index (χ0n) is 18.8. The first-order chi connectivity index (χ1) is 15.4. The Labute approximate surface area is 187 Å². The summed E-state index contributed by atoms with van der Waals surface area (Å²) >= 11 is 0. The van der Waals surface area contributed by atoms with Gasteiger partial charge in [0.25, 0.3) is 11.7 Å². The number of hydrogen-bond donors (Lipinski definition) is 1. The first-order valence-corrected chi connectivity index (χ1v) is 10.0. The highest BCUT2D eigenvalue weighted by Crippen LogP contribution is 2.43. The largest absolute Gasteiger partial charge is 0.507 e. The zero-order valence-corrected chi connectivity index (χ0v) is 18.8. The number of carbonyl (C=O) groups is 2. The van der Waals surface area contributed by atoms with E-state index in [2.05, 4.69) is 0 Å².